The zero-order valence-corrected chi connectivity index (χ0v) is 13.3. The van der Waals surface area contributed by atoms with Crippen LogP contribution in [0, 0.1) is 0 Å². The van der Waals surface area contributed by atoms with Gasteiger partial charge in [-0.05, 0) is 32.5 Å². The molecular formula is C7H15Br2NZn. The molecule has 0 N–H and O–H groups in total. The Morgan fingerprint density at radius 1 is 1.00 bits per heavy atom. The molecule has 0 aromatic heterocycles. The summed E-state index contributed by atoms with van der Waals surface area (Å²) in [7, 11) is 0. The predicted octanol–water partition coefficient (Wildman–Crippen LogP) is -4.50. The summed E-state index contributed by atoms with van der Waals surface area (Å²) in [6, 6.07) is 0. The molecule has 1 heterocycles. The Morgan fingerprint density at radius 2 is 1.45 bits per heavy atom. The summed E-state index contributed by atoms with van der Waals surface area (Å²) in [5.41, 5.74) is 0. The molecule has 0 unspecified atom stereocenters. The third-order valence-electron chi connectivity index (χ3n) is 1.90. The Hall–Kier alpha value is 1.54. The minimum absolute atomic E-state index is 0. The summed E-state index contributed by atoms with van der Waals surface area (Å²) < 4.78 is 0. The Labute approximate surface area is 104 Å². The first-order valence-electron chi connectivity index (χ1n) is 3.66. The summed E-state index contributed by atoms with van der Waals surface area (Å²) in [6.07, 6.45) is 4.30. The molecular weight excluding hydrogens is 323 g/mol. The molecule has 0 aromatic carbocycles. The molecule has 1 aliphatic rings. The maximum Gasteiger partial charge on any atom is 2.00 e. The Morgan fingerprint density at radius 3 is 1.73 bits per heavy atom. The summed E-state index contributed by atoms with van der Waals surface area (Å²) >= 11 is 0. The average Bonchev–Trinajstić information content (AvgIpc) is 1.90. The van der Waals surface area contributed by atoms with Crippen LogP contribution in [0.4, 0.5) is 0 Å². The summed E-state index contributed by atoms with van der Waals surface area (Å²) in [5.74, 6) is 0. The first-order chi connectivity index (χ1) is 3.93. The van der Waals surface area contributed by atoms with Gasteiger partial charge in [0.15, 0.2) is 0 Å². The van der Waals surface area contributed by atoms with E-state index in [0.29, 0.717) is 0 Å². The Balaban J connectivity index is -0.000000213. The van der Waals surface area contributed by atoms with Gasteiger partial charge in [0.2, 0.25) is 0 Å². The molecule has 0 saturated carbocycles. The van der Waals surface area contributed by atoms with E-state index in [1.54, 1.807) is 0 Å². The van der Waals surface area contributed by atoms with Crippen molar-refractivity contribution >= 4 is 0 Å². The van der Waals surface area contributed by atoms with E-state index in [2.05, 4.69) is 11.8 Å². The largest absolute Gasteiger partial charge is 2.00 e. The van der Waals surface area contributed by atoms with Gasteiger partial charge < -0.3 is 38.9 Å². The monoisotopic (exact) mass is 335 g/mol. The SMILES string of the molecule is CCN1CCCCC1.[Br-].[Br-].[Zn+2]. The number of rotatable bonds is 1. The number of piperidine rings is 1. The summed E-state index contributed by atoms with van der Waals surface area (Å²) in [4.78, 5) is 2.52. The van der Waals surface area contributed by atoms with Crippen LogP contribution in [0.1, 0.15) is 26.2 Å². The van der Waals surface area contributed by atoms with Gasteiger partial charge in [0, 0.05) is 0 Å². The normalized spacial score (nSPS) is 17.2. The van der Waals surface area contributed by atoms with Crippen LogP contribution >= 0.6 is 0 Å². The molecule has 4 heteroatoms. The molecule has 1 fully saturated rings. The predicted molar refractivity (Wildman–Crippen MR) is 36.0 cm³/mol. The van der Waals surface area contributed by atoms with E-state index in [1.807, 2.05) is 0 Å². The van der Waals surface area contributed by atoms with E-state index < -0.39 is 0 Å². The molecule has 0 aliphatic carbocycles. The van der Waals surface area contributed by atoms with E-state index >= 15 is 0 Å². The second-order valence-corrected chi connectivity index (χ2v) is 2.49. The second-order valence-electron chi connectivity index (χ2n) is 2.49. The van der Waals surface area contributed by atoms with Crippen LogP contribution in [-0.2, 0) is 19.5 Å². The van der Waals surface area contributed by atoms with Crippen LogP contribution in [0.25, 0.3) is 0 Å². The van der Waals surface area contributed by atoms with Gasteiger partial charge in [0.1, 0.15) is 0 Å². The number of hydrogen-bond donors (Lipinski definition) is 0. The molecule has 0 amide bonds. The van der Waals surface area contributed by atoms with E-state index in [4.69, 9.17) is 0 Å². The molecule has 1 rings (SSSR count). The van der Waals surface area contributed by atoms with Crippen LogP contribution in [0.2, 0.25) is 0 Å². The molecule has 0 bridgehead atoms. The molecule has 1 aliphatic heterocycles. The van der Waals surface area contributed by atoms with Gasteiger partial charge in [-0.25, -0.2) is 0 Å². The maximum atomic E-state index is 2.52. The maximum absolute atomic E-state index is 2.52. The molecule has 0 atom stereocenters. The standard InChI is InChI=1S/C7H15N.2BrH.Zn/c1-2-8-6-4-3-5-7-8;;;/h2-7H2,1H3;2*1H;/q;;;+2/p-2. The minimum atomic E-state index is 0. The first-order valence-corrected chi connectivity index (χ1v) is 3.66. The minimum Gasteiger partial charge on any atom is -1.00 e. The molecule has 0 radical (unpaired) electrons. The molecule has 1 nitrogen and oxygen atoms in total. The van der Waals surface area contributed by atoms with Gasteiger partial charge in [-0.2, -0.15) is 0 Å². The van der Waals surface area contributed by atoms with Crippen molar-refractivity contribution in [3.05, 3.63) is 0 Å². The average molecular weight is 338 g/mol. The quantitative estimate of drug-likeness (QED) is 0.436. The zero-order chi connectivity index (χ0) is 5.82. The van der Waals surface area contributed by atoms with Gasteiger partial charge >= 0.3 is 19.5 Å². The molecule has 0 spiro atoms. The fourth-order valence-corrected chi connectivity index (χ4v) is 1.28. The topological polar surface area (TPSA) is 3.24 Å². The number of nitrogens with zero attached hydrogens (tertiary/aromatic N) is 1. The fourth-order valence-electron chi connectivity index (χ4n) is 1.28. The van der Waals surface area contributed by atoms with Crippen LogP contribution < -0.4 is 34.0 Å². The number of halogens is 2. The van der Waals surface area contributed by atoms with Crippen LogP contribution in [-0.4, -0.2) is 24.5 Å². The van der Waals surface area contributed by atoms with E-state index in [9.17, 15) is 0 Å². The van der Waals surface area contributed by atoms with E-state index in [-0.39, 0.29) is 53.4 Å². The van der Waals surface area contributed by atoms with Gasteiger partial charge in [0.05, 0.1) is 0 Å². The van der Waals surface area contributed by atoms with Crippen molar-refractivity contribution in [3.63, 3.8) is 0 Å². The smallest absolute Gasteiger partial charge is 1.00 e. The van der Waals surface area contributed by atoms with Crippen LogP contribution in [0.3, 0.4) is 0 Å². The van der Waals surface area contributed by atoms with Gasteiger partial charge in [-0.15, -0.1) is 0 Å². The van der Waals surface area contributed by atoms with Crippen molar-refractivity contribution in [1.29, 1.82) is 0 Å². The Kier molecular flexibility index (Phi) is 19.3. The van der Waals surface area contributed by atoms with Crippen molar-refractivity contribution in [3.8, 4) is 0 Å². The fraction of sp³-hybridized carbons (Fsp3) is 1.00. The van der Waals surface area contributed by atoms with Gasteiger partial charge in [-0.3, -0.25) is 0 Å². The van der Waals surface area contributed by atoms with Crippen molar-refractivity contribution in [1.82, 2.24) is 4.90 Å². The van der Waals surface area contributed by atoms with Gasteiger partial charge in [-0.1, -0.05) is 13.3 Å². The Bertz CT molecular complexity index is 67.5. The zero-order valence-electron chi connectivity index (χ0n) is 7.15. The van der Waals surface area contributed by atoms with E-state index in [0.717, 1.165) is 0 Å². The molecule has 0 aromatic rings. The first kappa shape index (κ1) is 18.4. The van der Waals surface area contributed by atoms with Gasteiger partial charge in [0.25, 0.3) is 0 Å². The summed E-state index contributed by atoms with van der Waals surface area (Å²) in [5, 5.41) is 0. The van der Waals surface area contributed by atoms with Crippen molar-refractivity contribution < 1.29 is 53.4 Å². The molecule has 64 valence electrons. The van der Waals surface area contributed by atoms with Crippen molar-refractivity contribution in [2.45, 2.75) is 26.2 Å². The second kappa shape index (κ2) is 11.5. The third kappa shape index (κ3) is 7.89. The number of likely N-dealkylation sites (tertiary alicyclic amines) is 1. The third-order valence-corrected chi connectivity index (χ3v) is 1.90. The van der Waals surface area contributed by atoms with Crippen molar-refractivity contribution in [2.75, 3.05) is 19.6 Å². The molecule has 11 heavy (non-hydrogen) atoms. The number of hydrogen-bond acceptors (Lipinski definition) is 1. The van der Waals surface area contributed by atoms with Crippen molar-refractivity contribution in [2.24, 2.45) is 0 Å². The van der Waals surface area contributed by atoms with Crippen LogP contribution in [0.5, 0.6) is 0 Å². The summed E-state index contributed by atoms with van der Waals surface area (Å²) in [6.45, 7) is 6.18. The van der Waals surface area contributed by atoms with Crippen LogP contribution in [0.15, 0.2) is 0 Å². The molecule has 1 saturated heterocycles. The van der Waals surface area contributed by atoms with E-state index in [1.165, 1.54) is 38.9 Å².